The van der Waals surface area contributed by atoms with Crippen LogP contribution in [0.1, 0.15) is 0 Å². The first-order chi connectivity index (χ1) is 8.95. The maximum atomic E-state index is 11.4. The van der Waals surface area contributed by atoms with E-state index in [2.05, 4.69) is 10.6 Å². The molecule has 0 radical (unpaired) electrons. The van der Waals surface area contributed by atoms with Crippen LogP contribution < -0.4 is 10.6 Å². The minimum Gasteiger partial charge on any atom is -0.347 e. The average molecular weight is 306 g/mol. The van der Waals surface area contributed by atoms with Gasteiger partial charge in [0.25, 0.3) is 5.69 Å². The maximum absolute atomic E-state index is 11.4. The van der Waals surface area contributed by atoms with E-state index in [1.807, 2.05) is 0 Å². The lowest BCUT2D eigenvalue weighted by Gasteiger charge is -2.05. The predicted molar refractivity (Wildman–Crippen MR) is 70.5 cm³/mol. The Morgan fingerprint density at radius 1 is 1.32 bits per heavy atom. The molecule has 0 aliphatic rings. The van der Waals surface area contributed by atoms with Crippen molar-refractivity contribution in [3.8, 4) is 0 Å². The SMILES string of the molecule is O=C(NCCCl)C(=O)Nc1ccc(Cl)c([N+](=O)[O-])c1. The lowest BCUT2D eigenvalue weighted by atomic mass is 10.2. The van der Waals surface area contributed by atoms with Gasteiger partial charge in [-0.2, -0.15) is 0 Å². The van der Waals surface area contributed by atoms with Gasteiger partial charge in [-0.15, -0.1) is 11.6 Å². The van der Waals surface area contributed by atoms with E-state index in [1.165, 1.54) is 12.1 Å². The smallest absolute Gasteiger partial charge is 0.313 e. The Hall–Kier alpha value is -1.86. The van der Waals surface area contributed by atoms with Gasteiger partial charge >= 0.3 is 11.8 Å². The maximum Gasteiger partial charge on any atom is 0.313 e. The van der Waals surface area contributed by atoms with E-state index in [0.717, 1.165) is 6.07 Å². The third kappa shape index (κ3) is 4.38. The van der Waals surface area contributed by atoms with Crippen LogP contribution in [0.25, 0.3) is 0 Å². The Morgan fingerprint density at radius 2 is 2.00 bits per heavy atom. The minimum atomic E-state index is -0.943. The van der Waals surface area contributed by atoms with Crippen molar-refractivity contribution >= 4 is 46.4 Å². The molecule has 1 aromatic rings. The van der Waals surface area contributed by atoms with Crippen LogP contribution in [0, 0.1) is 10.1 Å². The summed E-state index contributed by atoms with van der Waals surface area (Å²) in [6.45, 7) is 0.147. The highest BCUT2D eigenvalue weighted by atomic mass is 35.5. The van der Waals surface area contributed by atoms with Gasteiger partial charge in [-0.05, 0) is 12.1 Å². The van der Waals surface area contributed by atoms with Crippen molar-refractivity contribution in [2.24, 2.45) is 0 Å². The number of carbonyl (C=O) groups is 2. The standard InChI is InChI=1S/C10H9Cl2N3O4/c11-3-4-13-9(16)10(17)14-6-1-2-7(12)8(5-6)15(18)19/h1-2,5H,3-4H2,(H,13,16)(H,14,17). The quantitative estimate of drug-likeness (QED) is 0.381. The molecule has 1 aromatic carbocycles. The Kier molecular flexibility index (Phi) is 5.53. The minimum absolute atomic E-state index is 0.0606. The summed E-state index contributed by atoms with van der Waals surface area (Å²) in [5.41, 5.74) is -0.261. The summed E-state index contributed by atoms with van der Waals surface area (Å²) < 4.78 is 0. The number of halogens is 2. The molecule has 102 valence electrons. The number of alkyl halides is 1. The number of nitro groups is 1. The summed E-state index contributed by atoms with van der Waals surface area (Å²) in [6.07, 6.45) is 0. The molecule has 0 atom stereocenters. The molecule has 0 saturated heterocycles. The van der Waals surface area contributed by atoms with Crippen LogP contribution in [-0.4, -0.2) is 29.2 Å². The summed E-state index contributed by atoms with van der Waals surface area (Å²) in [6, 6.07) is 3.67. The number of benzene rings is 1. The molecule has 7 nitrogen and oxygen atoms in total. The van der Waals surface area contributed by atoms with Gasteiger partial charge in [0.1, 0.15) is 5.02 Å². The van der Waals surface area contributed by atoms with Crippen LogP contribution in [0.4, 0.5) is 11.4 Å². The van der Waals surface area contributed by atoms with Gasteiger partial charge in [0.15, 0.2) is 0 Å². The van der Waals surface area contributed by atoms with Crippen LogP contribution in [-0.2, 0) is 9.59 Å². The molecule has 0 heterocycles. The number of carbonyl (C=O) groups excluding carboxylic acids is 2. The van der Waals surface area contributed by atoms with Gasteiger partial charge < -0.3 is 10.6 Å². The van der Waals surface area contributed by atoms with Crippen molar-refractivity contribution in [1.29, 1.82) is 0 Å². The predicted octanol–water partition coefficient (Wildman–Crippen LogP) is 1.54. The number of hydrogen-bond acceptors (Lipinski definition) is 4. The Balaban J connectivity index is 2.77. The molecule has 1 rings (SSSR count). The Labute approximate surface area is 118 Å². The van der Waals surface area contributed by atoms with E-state index in [-0.39, 0.29) is 28.8 Å². The zero-order chi connectivity index (χ0) is 14.4. The van der Waals surface area contributed by atoms with Gasteiger partial charge in [0.05, 0.1) is 4.92 Å². The zero-order valence-electron chi connectivity index (χ0n) is 9.48. The molecule has 0 bridgehead atoms. The number of amides is 2. The van der Waals surface area contributed by atoms with Gasteiger partial charge in [0.2, 0.25) is 0 Å². The first-order valence-corrected chi connectivity index (χ1v) is 5.96. The van der Waals surface area contributed by atoms with Crippen molar-refractivity contribution < 1.29 is 14.5 Å². The van der Waals surface area contributed by atoms with Crippen LogP contribution in [0.5, 0.6) is 0 Å². The number of nitrogens with zero attached hydrogens (tertiary/aromatic N) is 1. The van der Waals surface area contributed by atoms with E-state index < -0.39 is 16.7 Å². The molecule has 19 heavy (non-hydrogen) atoms. The number of nitro benzene ring substituents is 1. The third-order valence-electron chi connectivity index (χ3n) is 1.99. The number of nitrogens with one attached hydrogen (secondary N) is 2. The van der Waals surface area contributed by atoms with E-state index in [0.29, 0.717) is 0 Å². The van der Waals surface area contributed by atoms with E-state index in [9.17, 15) is 19.7 Å². The fraction of sp³-hybridized carbons (Fsp3) is 0.200. The highest BCUT2D eigenvalue weighted by Gasteiger charge is 2.16. The zero-order valence-corrected chi connectivity index (χ0v) is 11.0. The molecule has 9 heteroatoms. The molecule has 0 fully saturated rings. The second-order valence-corrected chi connectivity index (χ2v) is 4.11. The number of rotatable bonds is 4. The van der Waals surface area contributed by atoms with Crippen LogP contribution >= 0.6 is 23.2 Å². The van der Waals surface area contributed by atoms with E-state index in [4.69, 9.17) is 23.2 Å². The van der Waals surface area contributed by atoms with Gasteiger partial charge in [-0.3, -0.25) is 19.7 Å². The molecule has 0 aliphatic heterocycles. The van der Waals surface area contributed by atoms with Crippen LogP contribution in [0.15, 0.2) is 18.2 Å². The second-order valence-electron chi connectivity index (χ2n) is 3.32. The van der Waals surface area contributed by atoms with Crippen LogP contribution in [0.3, 0.4) is 0 Å². The van der Waals surface area contributed by atoms with Crippen molar-refractivity contribution in [2.75, 3.05) is 17.7 Å². The highest BCUT2D eigenvalue weighted by Crippen LogP contribution is 2.27. The summed E-state index contributed by atoms with van der Waals surface area (Å²) in [5, 5.41) is 15.1. The summed E-state index contributed by atoms with van der Waals surface area (Å²) in [7, 11) is 0. The van der Waals surface area contributed by atoms with Gasteiger partial charge in [-0.1, -0.05) is 11.6 Å². The average Bonchev–Trinajstić information content (AvgIpc) is 2.37. The molecule has 0 aromatic heterocycles. The fourth-order valence-electron chi connectivity index (χ4n) is 1.16. The molecule has 2 N–H and O–H groups in total. The molecule has 2 amide bonds. The lowest BCUT2D eigenvalue weighted by molar-refractivity contribution is -0.384. The molecular weight excluding hydrogens is 297 g/mol. The monoisotopic (exact) mass is 305 g/mol. The lowest BCUT2D eigenvalue weighted by Crippen LogP contribution is -2.36. The fourth-order valence-corrected chi connectivity index (χ4v) is 1.44. The topological polar surface area (TPSA) is 101 Å². The number of anilines is 1. The number of hydrogen-bond donors (Lipinski definition) is 2. The normalized spacial score (nSPS) is 9.79. The van der Waals surface area contributed by atoms with Crippen molar-refractivity contribution in [3.05, 3.63) is 33.3 Å². The summed E-state index contributed by atoms with van der Waals surface area (Å²) >= 11 is 11.0. The van der Waals surface area contributed by atoms with Gasteiger partial charge in [0, 0.05) is 24.2 Å². The Bertz CT molecular complexity index is 521. The summed E-state index contributed by atoms with van der Waals surface area (Å²) in [4.78, 5) is 32.6. The molecule has 0 aliphatic carbocycles. The summed E-state index contributed by atoms with van der Waals surface area (Å²) in [5.74, 6) is -1.65. The molecule has 0 saturated carbocycles. The third-order valence-corrected chi connectivity index (χ3v) is 2.50. The van der Waals surface area contributed by atoms with Gasteiger partial charge in [-0.25, -0.2) is 0 Å². The largest absolute Gasteiger partial charge is 0.347 e. The van der Waals surface area contributed by atoms with E-state index >= 15 is 0 Å². The van der Waals surface area contributed by atoms with E-state index in [1.54, 1.807) is 0 Å². The van der Waals surface area contributed by atoms with Crippen molar-refractivity contribution in [2.45, 2.75) is 0 Å². The van der Waals surface area contributed by atoms with Crippen molar-refractivity contribution in [3.63, 3.8) is 0 Å². The first kappa shape index (κ1) is 15.2. The second kappa shape index (κ2) is 6.91. The first-order valence-electron chi connectivity index (χ1n) is 5.04. The van der Waals surface area contributed by atoms with Crippen molar-refractivity contribution in [1.82, 2.24) is 5.32 Å². The van der Waals surface area contributed by atoms with Crippen LogP contribution in [0.2, 0.25) is 5.02 Å². The Morgan fingerprint density at radius 3 is 2.58 bits per heavy atom. The molecular formula is C10H9Cl2N3O4. The molecule has 0 spiro atoms. The molecule has 0 unspecified atom stereocenters. The highest BCUT2D eigenvalue weighted by molar-refractivity contribution is 6.40.